The molecule has 1 aromatic heterocycles. The smallest absolute Gasteiger partial charge is 0.311 e. The fraction of sp³-hybridized carbons (Fsp3) is 0.412. The molecule has 0 aliphatic carbocycles. The molecule has 0 spiro atoms. The lowest BCUT2D eigenvalue weighted by Crippen LogP contribution is -2.35. The summed E-state index contributed by atoms with van der Waals surface area (Å²) < 4.78 is 15.4. The van der Waals surface area contributed by atoms with E-state index >= 15 is 0 Å². The number of hydrogen-bond acceptors (Lipinski definition) is 4. The second-order valence-electron chi connectivity index (χ2n) is 6.41. The van der Waals surface area contributed by atoms with E-state index in [-0.39, 0.29) is 18.1 Å². The molecule has 0 saturated carbocycles. The van der Waals surface area contributed by atoms with Gasteiger partial charge < -0.3 is 10.0 Å². The highest BCUT2D eigenvalue weighted by molar-refractivity contribution is 5.91. The van der Waals surface area contributed by atoms with Gasteiger partial charge >= 0.3 is 5.97 Å². The van der Waals surface area contributed by atoms with E-state index in [2.05, 4.69) is 10.1 Å². The second kappa shape index (κ2) is 6.27. The monoisotopic (exact) mass is 346 g/mol. The first-order valence-electron chi connectivity index (χ1n) is 8.09. The van der Waals surface area contributed by atoms with E-state index in [9.17, 15) is 19.1 Å². The van der Waals surface area contributed by atoms with Crippen molar-refractivity contribution in [1.82, 2.24) is 19.7 Å². The number of benzene rings is 1. The fourth-order valence-corrected chi connectivity index (χ4v) is 2.93. The lowest BCUT2D eigenvalue weighted by molar-refractivity contribution is -0.147. The Bertz CT molecular complexity index is 835. The third kappa shape index (κ3) is 2.99. The molecular formula is C17H19FN4O3. The van der Waals surface area contributed by atoms with E-state index in [0.29, 0.717) is 25.2 Å². The van der Waals surface area contributed by atoms with Gasteiger partial charge in [0, 0.05) is 19.5 Å². The summed E-state index contributed by atoms with van der Waals surface area (Å²) in [5.74, 6) is -1.40. The van der Waals surface area contributed by atoms with Crippen LogP contribution in [0.5, 0.6) is 0 Å². The number of carbonyl (C=O) groups is 2. The van der Waals surface area contributed by atoms with Crippen molar-refractivity contribution in [2.45, 2.75) is 26.7 Å². The number of para-hydroxylation sites is 1. The lowest BCUT2D eigenvalue weighted by Gasteiger charge is -2.19. The molecule has 1 saturated heterocycles. The predicted molar refractivity (Wildman–Crippen MR) is 87.0 cm³/mol. The number of amides is 1. The minimum Gasteiger partial charge on any atom is -0.481 e. The number of hydrogen-bond donors (Lipinski definition) is 1. The van der Waals surface area contributed by atoms with E-state index in [4.69, 9.17) is 0 Å². The summed E-state index contributed by atoms with van der Waals surface area (Å²) in [4.78, 5) is 29.7. The molecule has 1 N–H and O–H groups in total. The van der Waals surface area contributed by atoms with Crippen LogP contribution in [0, 0.1) is 11.2 Å². The zero-order valence-corrected chi connectivity index (χ0v) is 14.1. The van der Waals surface area contributed by atoms with Crippen molar-refractivity contribution in [3.8, 4) is 5.69 Å². The number of rotatable bonds is 4. The number of nitrogens with zero attached hydrogens (tertiary/aromatic N) is 4. The van der Waals surface area contributed by atoms with Crippen LogP contribution in [-0.2, 0) is 11.2 Å². The van der Waals surface area contributed by atoms with Gasteiger partial charge in [-0.1, -0.05) is 19.1 Å². The van der Waals surface area contributed by atoms with Crippen molar-refractivity contribution in [2.75, 3.05) is 13.1 Å². The van der Waals surface area contributed by atoms with Crippen LogP contribution in [-0.4, -0.2) is 49.7 Å². The number of aromatic nitrogens is 3. The molecule has 1 amide bonds. The van der Waals surface area contributed by atoms with Gasteiger partial charge in [-0.15, -0.1) is 5.10 Å². The van der Waals surface area contributed by atoms with Gasteiger partial charge in [0.15, 0.2) is 0 Å². The SMILES string of the molecule is CCc1nc(C(=O)N2CCC(C)(C(=O)O)C2)nn1-c1ccccc1F. The second-order valence-corrected chi connectivity index (χ2v) is 6.41. The van der Waals surface area contributed by atoms with Gasteiger partial charge in [0.2, 0.25) is 5.82 Å². The molecule has 0 bridgehead atoms. The van der Waals surface area contributed by atoms with Gasteiger partial charge in [-0.2, -0.15) is 0 Å². The summed E-state index contributed by atoms with van der Waals surface area (Å²) in [7, 11) is 0. The Balaban J connectivity index is 1.91. The van der Waals surface area contributed by atoms with Gasteiger partial charge in [0.25, 0.3) is 5.91 Å². The predicted octanol–water partition coefficient (Wildman–Crippen LogP) is 1.91. The molecule has 1 unspecified atom stereocenters. The minimum absolute atomic E-state index is 0.0465. The number of carboxylic acid groups (broad SMARTS) is 1. The maximum Gasteiger partial charge on any atom is 0.311 e. The summed E-state index contributed by atoms with van der Waals surface area (Å²) in [6.45, 7) is 3.90. The third-order valence-electron chi connectivity index (χ3n) is 4.54. The van der Waals surface area contributed by atoms with E-state index < -0.39 is 23.1 Å². The number of carbonyl (C=O) groups excluding carboxylic acids is 1. The van der Waals surface area contributed by atoms with Gasteiger partial charge in [-0.05, 0) is 25.5 Å². The zero-order valence-electron chi connectivity index (χ0n) is 14.1. The summed E-state index contributed by atoms with van der Waals surface area (Å²) in [6.07, 6.45) is 0.851. The number of aryl methyl sites for hydroxylation is 1. The van der Waals surface area contributed by atoms with Crippen LogP contribution in [0.4, 0.5) is 4.39 Å². The normalized spacial score (nSPS) is 20.0. The van der Waals surface area contributed by atoms with Crippen LogP contribution in [0.1, 0.15) is 36.7 Å². The van der Waals surface area contributed by atoms with Crippen LogP contribution in [0.2, 0.25) is 0 Å². The highest BCUT2D eigenvalue weighted by atomic mass is 19.1. The molecule has 1 aromatic carbocycles. The lowest BCUT2D eigenvalue weighted by atomic mass is 9.90. The maximum absolute atomic E-state index is 14.0. The molecule has 132 valence electrons. The Morgan fingerprint density at radius 3 is 2.68 bits per heavy atom. The number of aliphatic carboxylic acids is 1. The van der Waals surface area contributed by atoms with Crippen LogP contribution in [0.3, 0.4) is 0 Å². The van der Waals surface area contributed by atoms with E-state index in [1.807, 2.05) is 6.92 Å². The van der Waals surface area contributed by atoms with Crippen molar-refractivity contribution in [3.05, 3.63) is 41.7 Å². The quantitative estimate of drug-likeness (QED) is 0.913. The van der Waals surface area contributed by atoms with Crippen molar-refractivity contribution in [2.24, 2.45) is 5.41 Å². The molecule has 2 heterocycles. The average Bonchev–Trinajstić information content (AvgIpc) is 3.19. The van der Waals surface area contributed by atoms with E-state index in [0.717, 1.165) is 0 Å². The van der Waals surface area contributed by atoms with Crippen molar-refractivity contribution >= 4 is 11.9 Å². The molecule has 1 aliphatic rings. The first-order valence-corrected chi connectivity index (χ1v) is 8.09. The van der Waals surface area contributed by atoms with Gasteiger partial charge in [-0.25, -0.2) is 14.1 Å². The maximum atomic E-state index is 14.0. The molecule has 1 aliphatic heterocycles. The van der Waals surface area contributed by atoms with Crippen LogP contribution >= 0.6 is 0 Å². The summed E-state index contributed by atoms with van der Waals surface area (Å²) in [5.41, 5.74) is -0.736. The number of likely N-dealkylation sites (tertiary alicyclic amines) is 1. The van der Waals surface area contributed by atoms with Crippen LogP contribution in [0.15, 0.2) is 24.3 Å². The van der Waals surface area contributed by atoms with Crippen molar-refractivity contribution in [1.29, 1.82) is 0 Å². The first kappa shape index (κ1) is 17.1. The summed E-state index contributed by atoms with van der Waals surface area (Å²) >= 11 is 0. The standard InChI is InChI=1S/C17H19FN4O3/c1-3-13-19-14(20-22(13)12-7-5-4-6-11(12)18)15(23)21-9-8-17(2,10-21)16(24)25/h4-7H,3,8-10H2,1-2H3,(H,24,25). The minimum atomic E-state index is -0.961. The molecule has 1 fully saturated rings. The van der Waals surface area contributed by atoms with Gasteiger partial charge in [0.05, 0.1) is 5.41 Å². The molecule has 0 radical (unpaired) electrons. The Labute approximate surface area is 144 Å². The Kier molecular flexibility index (Phi) is 4.28. The topological polar surface area (TPSA) is 88.3 Å². The van der Waals surface area contributed by atoms with Crippen molar-refractivity contribution in [3.63, 3.8) is 0 Å². The molecule has 2 aromatic rings. The Morgan fingerprint density at radius 1 is 1.36 bits per heavy atom. The molecule has 7 nitrogen and oxygen atoms in total. The van der Waals surface area contributed by atoms with Gasteiger partial charge in [0.1, 0.15) is 17.3 Å². The fourth-order valence-electron chi connectivity index (χ4n) is 2.93. The van der Waals surface area contributed by atoms with Crippen LogP contribution < -0.4 is 0 Å². The first-order chi connectivity index (χ1) is 11.9. The largest absolute Gasteiger partial charge is 0.481 e. The van der Waals surface area contributed by atoms with Gasteiger partial charge in [-0.3, -0.25) is 9.59 Å². The summed E-state index contributed by atoms with van der Waals surface area (Å²) in [5, 5.41) is 13.5. The Hall–Kier alpha value is -2.77. The van der Waals surface area contributed by atoms with Crippen LogP contribution in [0.25, 0.3) is 5.69 Å². The molecule has 8 heteroatoms. The zero-order chi connectivity index (χ0) is 18.2. The summed E-state index contributed by atoms with van der Waals surface area (Å²) in [6, 6.07) is 6.13. The third-order valence-corrected chi connectivity index (χ3v) is 4.54. The highest BCUT2D eigenvalue weighted by Gasteiger charge is 2.43. The van der Waals surface area contributed by atoms with Crippen molar-refractivity contribution < 1.29 is 19.1 Å². The van der Waals surface area contributed by atoms with E-state index in [1.54, 1.807) is 25.1 Å². The molecular weight excluding hydrogens is 327 g/mol. The number of halogens is 1. The highest BCUT2D eigenvalue weighted by Crippen LogP contribution is 2.30. The molecule has 25 heavy (non-hydrogen) atoms. The molecule has 3 rings (SSSR count). The van der Waals surface area contributed by atoms with E-state index in [1.165, 1.54) is 15.6 Å². The number of carboxylic acids is 1. The average molecular weight is 346 g/mol. The molecule has 1 atom stereocenters. The Morgan fingerprint density at radius 2 is 2.08 bits per heavy atom.